The summed E-state index contributed by atoms with van der Waals surface area (Å²) in [6.45, 7) is -19.3. The van der Waals surface area contributed by atoms with Gasteiger partial charge in [-0.2, -0.15) is 0 Å². The van der Waals surface area contributed by atoms with Crippen molar-refractivity contribution in [2.75, 3.05) is 12.5 Å². The normalized spacial score (nSPS) is 15.0. The van der Waals surface area contributed by atoms with E-state index in [1.807, 2.05) is 6.92 Å². The lowest BCUT2D eigenvalue weighted by Crippen LogP contribution is -2.16. The smallest absolute Gasteiger partial charge is 0.189 e. The molecule has 0 fully saturated rings. The van der Waals surface area contributed by atoms with Crippen molar-refractivity contribution in [1.29, 1.82) is 0 Å². The van der Waals surface area contributed by atoms with Gasteiger partial charge in [0.2, 0.25) is 0 Å². The van der Waals surface area contributed by atoms with Crippen LogP contribution < -0.4 is 11.1 Å². The van der Waals surface area contributed by atoms with Crippen LogP contribution in [0.25, 0.3) is 34.0 Å². The highest BCUT2D eigenvalue weighted by atomic mass is 33.7. The first kappa shape index (κ1) is 169. The van der Waals surface area contributed by atoms with Crippen LogP contribution in [0.4, 0.5) is 14.6 Å². The highest BCUT2D eigenvalue weighted by Crippen LogP contribution is 3.55. The fourth-order valence-electron chi connectivity index (χ4n) is 9.69. The number of sulfone groups is 1. The van der Waals surface area contributed by atoms with E-state index in [9.17, 15) is 17.2 Å². The van der Waals surface area contributed by atoms with Gasteiger partial charge in [-0.3, -0.25) is 5.32 Å². The monoisotopic (exact) mass is 3710 g/mol. The van der Waals surface area contributed by atoms with Crippen molar-refractivity contribution in [3.05, 3.63) is 66.1 Å². The van der Waals surface area contributed by atoms with Gasteiger partial charge in [0.15, 0.2) is 27.1 Å². The predicted octanol–water partition coefficient (Wildman–Crippen LogP) is 63.6. The first-order valence-electron chi connectivity index (χ1n) is 34.0. The van der Waals surface area contributed by atoms with Gasteiger partial charge in [0.25, 0.3) is 0 Å². The fraction of sp³-hybridized carbons (Fsp3) is 0.240. The molecular weight excluding hydrogens is 3590 g/mol. The van der Waals surface area contributed by atoms with Crippen LogP contribution in [0.5, 0.6) is 0 Å². The van der Waals surface area contributed by atoms with Crippen LogP contribution in [0.2, 0.25) is 0 Å². The number of nitrogen functional groups attached to an aromatic ring is 1. The molecule has 111 heteroatoms. The second kappa shape index (κ2) is 89.2. The predicted molar refractivity (Wildman–Crippen MR) is 967 cm³/mol. The highest BCUT2D eigenvalue weighted by molar-refractivity contribution is 9.60. The molecule has 0 spiro atoms. The minimum atomic E-state index is -3.41. The van der Waals surface area contributed by atoms with E-state index in [4.69, 9.17) is 10.3 Å². The van der Waals surface area contributed by atoms with Gasteiger partial charge in [-0.05, 0) is 386 Å². The van der Waals surface area contributed by atoms with Crippen molar-refractivity contribution >= 4 is 813 Å². The maximum Gasteiger partial charge on any atom is 0.189 e. The standard InChI is InChI=1S/C25H25F2N5O3S.H102P100/c1-3-15(2)36(33,34)18-7-5-17(6-8-18)22-13-30-25(28)24(31-22)23-11-21(32-35-23)19-9-4-16(10-20(19)27)12-29-14-26;1-52(2)77(51)90(78(53(3)4)54(5)6)96(89(75(47)48)76(49)50)99(95(87(71(39)40)72(41)42)88(73(43)44)74(45)46)100(97(91(79(55(7)8)56(9)10)80(57(11)12)58(13)14)92(81(59(15)16)60(17)18)82(61(19)20)62(21)22)98(93(83(63(23)24)64(25)26)84(65(27)28)66(29)30)94(85(67(31)32)68(33)34)86(69(35)36)70(37)38/h4-11,13,15,29H,3,12,14H2,1-2H3,(H2,28,30);1-51H2. The zero-order valence-corrected chi connectivity index (χ0v) is 175. The van der Waals surface area contributed by atoms with Crippen LogP contribution in [-0.2, 0) is 16.4 Å². The molecule has 0 saturated carbocycles. The summed E-state index contributed by atoms with van der Waals surface area (Å²) < 4.78 is 57.5. The SMILES string of the molecule is CCC(C)S(=O)(=O)c1ccc(-c2cnc(N)c(-c3cc(-c4ccc(CNCF)cc4F)no3)n2)cc1.PP(P)P(P)P(P(P(P)P)P(P)P)P(P(P(P)P)P(P)P)P(P(P(P(P)P)P(P)P)P(P(P)P)P(P)P)P(P(P(P(P(P)P)P(P)P)P(P(P)P)P(P)P)P(P(P(P)P)P(P)P)P(P(P)P)P(P)P)P(P(P(P(P)P)P(P)P)P(P(P)P)P(P)P)P(P(P(P)P)P(P)P)P(P(P)P)P(P)P. The van der Waals surface area contributed by atoms with Crippen molar-refractivity contribution in [2.45, 2.75) is 37.0 Å². The van der Waals surface area contributed by atoms with Gasteiger partial charge in [-0.1, -0.05) is 30.3 Å². The summed E-state index contributed by atoms with van der Waals surface area (Å²) >= 11 is 0. The Labute approximate surface area is 990 Å². The molecule has 0 aliphatic heterocycles. The van der Waals surface area contributed by atoms with Crippen LogP contribution in [0.3, 0.4) is 0 Å². The molecule has 0 aliphatic carbocycles. The first-order valence-corrected chi connectivity index (χ1v) is 218. The third-order valence-corrected chi connectivity index (χ3v) is 729. The summed E-state index contributed by atoms with van der Waals surface area (Å²) in [5, 5.41) is 5.95. The number of benzene rings is 2. The Morgan fingerprint density at radius 2 is 0.581 bits per heavy atom. The van der Waals surface area contributed by atoms with E-state index >= 15 is 0 Å². The van der Waals surface area contributed by atoms with Crippen molar-refractivity contribution in [3.8, 4) is 34.0 Å². The third kappa shape index (κ3) is 54.8. The molecule has 0 amide bonds. The Balaban J connectivity index is 0.00000108. The molecule has 790 valence electrons. The molecule has 4 rings (SSSR count). The maximum atomic E-state index is 14.6. The van der Waals surface area contributed by atoms with Gasteiger partial charge < -0.3 is 10.3 Å². The fourth-order valence-corrected chi connectivity index (χ4v) is 1490. The molecule has 0 bridgehead atoms. The van der Waals surface area contributed by atoms with E-state index in [1.54, 1.807) is 25.1 Å². The Kier molecular flexibility index (Phi) is 111. The van der Waals surface area contributed by atoms with E-state index in [0.717, 1.165) is 0 Å². The number of rotatable bonds is 57. The summed E-state index contributed by atoms with van der Waals surface area (Å²) in [7, 11) is 191. The first-order chi connectivity index (χ1) is 62.7. The summed E-state index contributed by atoms with van der Waals surface area (Å²) in [5.41, 5.74) is 8.34. The lowest BCUT2D eigenvalue weighted by molar-refractivity contribution is 0.424. The Morgan fingerprint density at radius 3 is 0.809 bits per heavy atom. The summed E-state index contributed by atoms with van der Waals surface area (Å²) in [5.74, 6) is -0.255. The van der Waals surface area contributed by atoms with Crippen molar-refractivity contribution in [2.24, 2.45) is 0 Å². The molecule has 2 heterocycles. The topological polar surface area (TPSA) is 124 Å². The van der Waals surface area contributed by atoms with Crippen LogP contribution in [0, 0.1) is 5.82 Å². The van der Waals surface area contributed by atoms with Gasteiger partial charge in [-0.15, -0.1) is 455 Å². The number of anilines is 1. The molecule has 4 aromatic rings. The molecule has 136 heavy (non-hydrogen) atoms. The Morgan fingerprint density at radius 1 is 0.338 bits per heavy atom. The molecule has 3 N–H and O–H groups in total. The summed E-state index contributed by atoms with van der Waals surface area (Å²) in [6, 6.07) is 12.4. The minimum Gasteiger partial charge on any atom is -0.382 e. The van der Waals surface area contributed by atoms with E-state index in [1.165, 1.54) is 36.5 Å². The van der Waals surface area contributed by atoms with Gasteiger partial charge >= 0.3 is 0 Å². The molecule has 8 nitrogen and oxygen atoms in total. The second-order valence-corrected chi connectivity index (χ2v) is 442. The minimum absolute atomic E-state index is 0.0885. The number of nitrogens with two attached hydrogens (primary N) is 1. The number of halogens is 2. The van der Waals surface area contributed by atoms with E-state index in [-0.39, 0.29) is 47.0 Å². The Bertz CT molecular complexity index is 3790. The average Bonchev–Trinajstić information content (AvgIpc) is 0.711. The third-order valence-electron chi connectivity index (χ3n) is 14.8. The highest BCUT2D eigenvalue weighted by Gasteiger charge is 2.68. The van der Waals surface area contributed by atoms with Crippen LogP contribution in [0.1, 0.15) is 25.8 Å². The molecular formula is C25H127F2N5O3P100S. The molecule has 2 aromatic carbocycles. The van der Waals surface area contributed by atoms with Gasteiger partial charge in [0.05, 0.1) is 22.0 Å². The van der Waals surface area contributed by atoms with Crippen molar-refractivity contribution < 1.29 is 21.7 Å². The number of aromatic nitrogens is 3. The number of nitrogens with one attached hydrogen (secondary N) is 1. The molecule has 0 radical (unpaired) electrons. The molecule has 0 saturated heterocycles. The van der Waals surface area contributed by atoms with Crippen molar-refractivity contribution in [1.82, 2.24) is 20.4 Å². The number of alkyl halides is 1. The molecule has 2 aromatic heterocycles. The zero-order valence-electron chi connectivity index (χ0n) is 71.1. The van der Waals surface area contributed by atoms with Crippen LogP contribution in [-0.4, -0.2) is 35.6 Å². The van der Waals surface area contributed by atoms with E-state index in [2.05, 4.69) is 476 Å². The molecule has 0 aliphatic rings. The Hall–Kier alpha value is 39.3. The quantitative estimate of drug-likeness (QED) is 0.0331. The molecule has 56 atom stereocenters. The number of nitrogens with zero attached hydrogens (tertiary/aromatic N) is 3. The zero-order chi connectivity index (χ0) is 105. The number of hydrogen-bond acceptors (Lipinski definition) is 8. The lowest BCUT2D eigenvalue weighted by atomic mass is 10.1. The lowest BCUT2D eigenvalue weighted by Gasteiger charge is -2.64. The van der Waals surface area contributed by atoms with Crippen LogP contribution >= 0.6 is 798 Å². The van der Waals surface area contributed by atoms with E-state index < -0.39 is 363 Å². The molecule has 56 unspecified atom stereocenters. The van der Waals surface area contributed by atoms with E-state index in [0.29, 0.717) is 23.2 Å². The van der Waals surface area contributed by atoms with Gasteiger partial charge in [0.1, 0.15) is 18.3 Å². The summed E-state index contributed by atoms with van der Waals surface area (Å²) in [6.07, 6.45) is 1.98. The average molecular weight is 3710 g/mol. The number of hydrogen-bond donors (Lipinski definition) is 2. The summed E-state index contributed by atoms with van der Waals surface area (Å²) in [4.78, 5) is 8.94. The van der Waals surface area contributed by atoms with Gasteiger partial charge in [-0.25, -0.2) is 27.2 Å². The van der Waals surface area contributed by atoms with Crippen LogP contribution in [0.15, 0.2) is 64.1 Å². The maximum absolute atomic E-state index is 14.6. The van der Waals surface area contributed by atoms with Gasteiger partial charge in [0, 0.05) is 23.7 Å². The second-order valence-electron chi connectivity index (χ2n) is 24.2. The largest absolute Gasteiger partial charge is 0.382 e. The van der Waals surface area contributed by atoms with Crippen molar-refractivity contribution in [3.63, 3.8) is 0 Å².